The third kappa shape index (κ3) is 4.02. The van der Waals surface area contributed by atoms with Crippen molar-refractivity contribution in [3.05, 3.63) is 78.4 Å². The number of carbonyl (C=O) groups excluding carboxylic acids is 1. The molecule has 6 heteroatoms. The molecule has 2 aromatic heterocycles. The fourth-order valence-corrected chi connectivity index (χ4v) is 4.02. The number of anilines is 2. The Balaban J connectivity index is 1.38. The molecule has 1 aliphatic rings. The molecule has 1 fully saturated rings. The van der Waals surface area contributed by atoms with E-state index in [4.69, 9.17) is 10.2 Å². The van der Waals surface area contributed by atoms with Crippen molar-refractivity contribution in [2.24, 2.45) is 0 Å². The minimum atomic E-state index is -0.00312. The fraction of sp³-hybridized carbons (Fsp3) is 0.200. The Morgan fingerprint density at radius 3 is 2.74 bits per heavy atom. The first-order chi connectivity index (χ1) is 15.2. The second-order valence-corrected chi connectivity index (χ2v) is 7.86. The van der Waals surface area contributed by atoms with Crippen LogP contribution in [0.4, 0.5) is 11.4 Å². The van der Waals surface area contributed by atoms with Crippen LogP contribution in [0.3, 0.4) is 0 Å². The topological polar surface area (TPSA) is 84.4 Å². The first-order valence-corrected chi connectivity index (χ1v) is 10.5. The largest absolute Gasteiger partial charge is 0.472 e. The number of nitrogens with two attached hydrogens (primary N) is 1. The van der Waals surface area contributed by atoms with E-state index in [1.807, 2.05) is 36.4 Å². The summed E-state index contributed by atoms with van der Waals surface area (Å²) in [5.41, 5.74) is 12.2. The Morgan fingerprint density at radius 2 is 1.94 bits per heavy atom. The lowest BCUT2D eigenvalue weighted by molar-refractivity contribution is 0.0993. The van der Waals surface area contributed by atoms with Gasteiger partial charge in [0, 0.05) is 66.7 Å². The van der Waals surface area contributed by atoms with Gasteiger partial charge in [-0.05, 0) is 47.5 Å². The maximum absolute atomic E-state index is 13.0. The third-order valence-electron chi connectivity index (χ3n) is 5.82. The van der Waals surface area contributed by atoms with E-state index in [-0.39, 0.29) is 12.2 Å². The number of hydrogen-bond donors (Lipinski definition) is 2. The van der Waals surface area contributed by atoms with E-state index in [0.29, 0.717) is 11.3 Å². The van der Waals surface area contributed by atoms with Crippen LogP contribution in [0.15, 0.2) is 71.7 Å². The number of hydrogen-bond acceptors (Lipinski definition) is 6. The summed E-state index contributed by atoms with van der Waals surface area (Å²) < 4.78 is 5.16. The van der Waals surface area contributed by atoms with E-state index in [1.165, 1.54) is 5.69 Å². The van der Waals surface area contributed by atoms with Crippen molar-refractivity contribution >= 4 is 28.1 Å². The highest BCUT2D eigenvalue weighted by Crippen LogP contribution is 2.26. The molecular formula is C25H24N4O2. The molecule has 156 valence electrons. The molecule has 0 saturated carbocycles. The van der Waals surface area contributed by atoms with Gasteiger partial charge in [0.05, 0.1) is 18.0 Å². The Hall–Kier alpha value is -3.64. The van der Waals surface area contributed by atoms with Gasteiger partial charge in [-0.25, -0.2) is 0 Å². The second kappa shape index (κ2) is 8.24. The monoisotopic (exact) mass is 412 g/mol. The number of fused-ring (bicyclic) bond motifs is 1. The summed E-state index contributed by atoms with van der Waals surface area (Å²) in [6, 6.07) is 15.8. The average molecular weight is 412 g/mol. The first kappa shape index (κ1) is 19.3. The first-order valence-electron chi connectivity index (χ1n) is 10.5. The molecule has 1 saturated heterocycles. The van der Waals surface area contributed by atoms with Crippen molar-refractivity contribution in [1.29, 1.82) is 0 Å². The number of ketones is 1. The summed E-state index contributed by atoms with van der Waals surface area (Å²) >= 11 is 0. The lowest BCUT2D eigenvalue weighted by Gasteiger charge is -2.29. The second-order valence-electron chi connectivity index (χ2n) is 7.86. The predicted octanol–water partition coefficient (Wildman–Crippen LogP) is 3.91. The number of pyridine rings is 1. The van der Waals surface area contributed by atoms with Gasteiger partial charge in [0.1, 0.15) is 0 Å². The fourth-order valence-electron chi connectivity index (χ4n) is 4.02. The van der Waals surface area contributed by atoms with E-state index in [9.17, 15) is 4.79 Å². The highest BCUT2D eigenvalue weighted by molar-refractivity contribution is 6.00. The SMILES string of the molecule is Nc1ccc(-c2ccoc2)cc1CC(=O)c1cnc2cc(N3CCNCC3)ccc2c1. The Morgan fingerprint density at radius 1 is 1.06 bits per heavy atom. The molecule has 0 bridgehead atoms. The summed E-state index contributed by atoms with van der Waals surface area (Å²) in [6.45, 7) is 3.95. The number of carbonyl (C=O) groups is 1. The molecule has 0 radical (unpaired) electrons. The summed E-state index contributed by atoms with van der Waals surface area (Å²) in [6.07, 6.45) is 5.20. The van der Waals surface area contributed by atoms with Gasteiger partial charge < -0.3 is 20.4 Å². The van der Waals surface area contributed by atoms with Crippen LogP contribution in [0.1, 0.15) is 15.9 Å². The van der Waals surface area contributed by atoms with Gasteiger partial charge in [-0.2, -0.15) is 0 Å². The predicted molar refractivity (Wildman–Crippen MR) is 123 cm³/mol. The van der Waals surface area contributed by atoms with Crippen molar-refractivity contribution in [2.75, 3.05) is 36.8 Å². The number of Topliss-reactive ketones (excluding diaryl/α,β-unsaturated/α-hetero) is 1. The molecule has 2 aromatic carbocycles. The quantitative estimate of drug-likeness (QED) is 0.382. The smallest absolute Gasteiger partial charge is 0.168 e. The zero-order valence-electron chi connectivity index (χ0n) is 17.2. The molecule has 5 rings (SSSR count). The Labute approximate surface area is 180 Å². The highest BCUT2D eigenvalue weighted by Gasteiger charge is 2.14. The molecule has 0 atom stereocenters. The van der Waals surface area contributed by atoms with Crippen molar-refractivity contribution in [2.45, 2.75) is 6.42 Å². The standard InChI is InChI=1S/C25H24N4O2/c26-23-4-2-17(19-5-10-31-16-19)11-20(23)13-25(30)21-12-18-1-3-22(14-24(18)28-15-21)29-8-6-27-7-9-29/h1-5,10-12,14-16,27H,6-9,13,26H2. The molecule has 0 aliphatic carbocycles. The zero-order valence-corrected chi connectivity index (χ0v) is 17.2. The van der Waals surface area contributed by atoms with E-state index in [1.54, 1.807) is 18.7 Å². The molecule has 4 aromatic rings. The van der Waals surface area contributed by atoms with Gasteiger partial charge in [-0.3, -0.25) is 9.78 Å². The number of benzene rings is 2. The van der Waals surface area contributed by atoms with Gasteiger partial charge >= 0.3 is 0 Å². The van der Waals surface area contributed by atoms with Gasteiger partial charge in [0.25, 0.3) is 0 Å². The molecule has 31 heavy (non-hydrogen) atoms. The summed E-state index contributed by atoms with van der Waals surface area (Å²) in [5.74, 6) is -0.00312. The van der Waals surface area contributed by atoms with Crippen LogP contribution in [-0.4, -0.2) is 36.9 Å². The highest BCUT2D eigenvalue weighted by atomic mass is 16.3. The lowest BCUT2D eigenvalue weighted by Crippen LogP contribution is -2.43. The maximum atomic E-state index is 13.0. The minimum Gasteiger partial charge on any atom is -0.472 e. The van der Waals surface area contributed by atoms with Crippen LogP contribution in [-0.2, 0) is 6.42 Å². The number of aromatic nitrogens is 1. The molecule has 6 nitrogen and oxygen atoms in total. The van der Waals surface area contributed by atoms with Crippen molar-refractivity contribution < 1.29 is 9.21 Å². The molecular weight excluding hydrogens is 388 g/mol. The summed E-state index contributed by atoms with van der Waals surface area (Å²) in [5, 5.41) is 4.33. The van der Waals surface area contributed by atoms with E-state index < -0.39 is 0 Å². The molecule has 3 heterocycles. The van der Waals surface area contributed by atoms with Crippen molar-refractivity contribution in [3.8, 4) is 11.1 Å². The van der Waals surface area contributed by atoms with Crippen LogP contribution in [0, 0.1) is 0 Å². The van der Waals surface area contributed by atoms with E-state index >= 15 is 0 Å². The Bertz CT molecular complexity index is 1230. The average Bonchev–Trinajstić information content (AvgIpc) is 3.35. The summed E-state index contributed by atoms with van der Waals surface area (Å²) in [4.78, 5) is 19.9. The zero-order chi connectivity index (χ0) is 21.2. The van der Waals surface area contributed by atoms with Gasteiger partial charge in [0.2, 0.25) is 0 Å². The van der Waals surface area contributed by atoms with E-state index in [2.05, 4.69) is 27.3 Å². The number of furan rings is 1. The molecule has 0 spiro atoms. The molecule has 0 unspecified atom stereocenters. The van der Waals surface area contributed by atoms with Gasteiger partial charge in [0.15, 0.2) is 5.78 Å². The lowest BCUT2D eigenvalue weighted by atomic mass is 9.98. The van der Waals surface area contributed by atoms with Crippen molar-refractivity contribution in [1.82, 2.24) is 10.3 Å². The number of nitrogens with one attached hydrogen (secondary N) is 1. The number of nitrogen functional groups attached to an aromatic ring is 1. The van der Waals surface area contributed by atoms with Crippen LogP contribution in [0.25, 0.3) is 22.0 Å². The molecule has 3 N–H and O–H groups in total. The van der Waals surface area contributed by atoms with E-state index in [0.717, 1.165) is 53.8 Å². The minimum absolute atomic E-state index is 0.00312. The summed E-state index contributed by atoms with van der Waals surface area (Å²) in [7, 11) is 0. The molecule has 0 amide bonds. The van der Waals surface area contributed by atoms with Crippen LogP contribution in [0.5, 0.6) is 0 Å². The maximum Gasteiger partial charge on any atom is 0.168 e. The normalized spacial score (nSPS) is 14.1. The van der Waals surface area contributed by atoms with Crippen molar-refractivity contribution in [3.63, 3.8) is 0 Å². The number of piperazine rings is 1. The van der Waals surface area contributed by atoms with Crippen LogP contribution < -0.4 is 16.0 Å². The van der Waals surface area contributed by atoms with Gasteiger partial charge in [-0.1, -0.05) is 12.1 Å². The van der Waals surface area contributed by atoms with Gasteiger partial charge in [-0.15, -0.1) is 0 Å². The van der Waals surface area contributed by atoms with Crippen LogP contribution >= 0.6 is 0 Å². The number of rotatable bonds is 5. The Kier molecular flexibility index (Phi) is 5.14. The van der Waals surface area contributed by atoms with Crippen LogP contribution in [0.2, 0.25) is 0 Å². The molecule has 1 aliphatic heterocycles. The number of nitrogens with zero attached hydrogens (tertiary/aromatic N) is 2. The third-order valence-corrected chi connectivity index (χ3v) is 5.82.